The van der Waals surface area contributed by atoms with E-state index in [2.05, 4.69) is 20.5 Å². The van der Waals surface area contributed by atoms with E-state index >= 15 is 0 Å². The summed E-state index contributed by atoms with van der Waals surface area (Å²) >= 11 is 0. The summed E-state index contributed by atoms with van der Waals surface area (Å²) in [5.41, 5.74) is 2.18. The molecule has 0 spiro atoms. The fourth-order valence-corrected chi connectivity index (χ4v) is 3.37. The smallest absolute Gasteiger partial charge is 0.411 e. The number of piperidine rings is 1. The maximum Gasteiger partial charge on any atom is 0.411 e. The minimum atomic E-state index is -0.451. The van der Waals surface area contributed by atoms with Crippen molar-refractivity contribution in [2.24, 2.45) is 18.9 Å². The van der Waals surface area contributed by atoms with E-state index in [4.69, 9.17) is 9.47 Å². The van der Waals surface area contributed by atoms with Crippen LogP contribution in [0.1, 0.15) is 47.5 Å². The number of amides is 1. The van der Waals surface area contributed by atoms with Crippen molar-refractivity contribution in [1.29, 1.82) is 0 Å². The molecular formula is C26H40N4O5. The lowest BCUT2D eigenvalue weighted by molar-refractivity contribution is -0.138. The van der Waals surface area contributed by atoms with Gasteiger partial charge in [0.05, 0.1) is 18.9 Å². The number of nitrogens with one attached hydrogen (secondary N) is 2. The molecule has 0 unspecified atom stereocenters. The normalized spacial score (nSPS) is 14.0. The Morgan fingerprint density at radius 3 is 2.51 bits per heavy atom. The zero-order valence-electron chi connectivity index (χ0n) is 21.8. The van der Waals surface area contributed by atoms with E-state index in [0.717, 1.165) is 42.9 Å². The van der Waals surface area contributed by atoms with Crippen LogP contribution in [0.25, 0.3) is 11.3 Å². The molecule has 194 valence electrons. The lowest BCUT2D eigenvalue weighted by atomic mass is 9.99. The third-order valence-corrected chi connectivity index (χ3v) is 5.21. The van der Waals surface area contributed by atoms with Crippen LogP contribution >= 0.6 is 0 Å². The Kier molecular flexibility index (Phi) is 11.0. The van der Waals surface area contributed by atoms with Crippen LogP contribution in [-0.4, -0.2) is 54.3 Å². The molecule has 0 bridgehead atoms. The van der Waals surface area contributed by atoms with E-state index in [0.29, 0.717) is 37.2 Å². The second-order valence-electron chi connectivity index (χ2n) is 10.00. The first-order valence-electron chi connectivity index (χ1n) is 12.1. The fourth-order valence-electron chi connectivity index (χ4n) is 3.37. The Morgan fingerprint density at radius 2 is 1.97 bits per heavy atom. The van der Waals surface area contributed by atoms with E-state index in [-0.39, 0.29) is 5.60 Å². The molecule has 0 aliphatic carbocycles. The van der Waals surface area contributed by atoms with E-state index in [1.165, 1.54) is 0 Å². The van der Waals surface area contributed by atoms with Crippen molar-refractivity contribution in [2.75, 3.05) is 31.6 Å². The third kappa shape index (κ3) is 10.4. The first-order chi connectivity index (χ1) is 16.6. The summed E-state index contributed by atoms with van der Waals surface area (Å²) in [6.45, 7) is 13.1. The molecule has 1 aliphatic heterocycles. The SMILES string of the molecule is CC(C)(C)OC=O.CC(C)COC(=O)Nc1ccc(OCC2CCNCC2)c(-c2ccnn2C)c1. The van der Waals surface area contributed by atoms with Gasteiger partial charge in [-0.15, -0.1) is 0 Å². The molecule has 0 atom stereocenters. The minimum Gasteiger partial charge on any atom is -0.493 e. The Hall–Kier alpha value is -3.07. The highest BCUT2D eigenvalue weighted by atomic mass is 16.5. The van der Waals surface area contributed by atoms with Gasteiger partial charge in [0.15, 0.2) is 0 Å². The summed E-state index contributed by atoms with van der Waals surface area (Å²) in [6, 6.07) is 7.59. The van der Waals surface area contributed by atoms with E-state index in [1.54, 1.807) is 10.9 Å². The molecule has 9 heteroatoms. The van der Waals surface area contributed by atoms with Crippen LogP contribution in [0, 0.1) is 11.8 Å². The number of hydrogen-bond acceptors (Lipinski definition) is 7. The fraction of sp³-hybridized carbons (Fsp3) is 0.577. The van der Waals surface area contributed by atoms with Gasteiger partial charge < -0.3 is 19.5 Å². The van der Waals surface area contributed by atoms with Crippen LogP contribution in [0.5, 0.6) is 5.75 Å². The van der Waals surface area contributed by atoms with Crippen molar-refractivity contribution in [3.8, 4) is 17.0 Å². The monoisotopic (exact) mass is 488 g/mol. The number of carbonyl (C=O) groups is 2. The molecule has 0 radical (unpaired) electrons. The number of aryl methyl sites for hydroxylation is 1. The van der Waals surface area contributed by atoms with E-state index in [9.17, 15) is 9.59 Å². The predicted octanol–water partition coefficient (Wildman–Crippen LogP) is 4.63. The van der Waals surface area contributed by atoms with Crippen molar-refractivity contribution in [3.63, 3.8) is 0 Å². The number of hydrogen-bond donors (Lipinski definition) is 2. The van der Waals surface area contributed by atoms with Crippen LogP contribution in [0.15, 0.2) is 30.5 Å². The average molecular weight is 489 g/mol. The van der Waals surface area contributed by atoms with Crippen LogP contribution < -0.4 is 15.4 Å². The highest BCUT2D eigenvalue weighted by molar-refractivity contribution is 5.86. The Balaban J connectivity index is 0.000000540. The highest BCUT2D eigenvalue weighted by Gasteiger charge is 2.17. The lowest BCUT2D eigenvalue weighted by Crippen LogP contribution is -2.30. The summed E-state index contributed by atoms with van der Waals surface area (Å²) < 4.78 is 17.7. The summed E-state index contributed by atoms with van der Waals surface area (Å²) in [7, 11) is 1.89. The van der Waals surface area contributed by atoms with Gasteiger partial charge in [-0.25, -0.2) is 4.79 Å². The van der Waals surface area contributed by atoms with Crippen LogP contribution in [0.4, 0.5) is 10.5 Å². The van der Waals surface area contributed by atoms with Gasteiger partial charge in [0.1, 0.15) is 11.4 Å². The summed E-state index contributed by atoms with van der Waals surface area (Å²) in [6.07, 6.45) is 3.56. The minimum absolute atomic E-state index is 0.293. The Morgan fingerprint density at radius 1 is 1.26 bits per heavy atom. The van der Waals surface area contributed by atoms with E-state index in [1.807, 2.05) is 65.9 Å². The lowest BCUT2D eigenvalue weighted by Gasteiger charge is -2.23. The number of ether oxygens (including phenoxy) is 3. The van der Waals surface area contributed by atoms with Crippen LogP contribution in [0.3, 0.4) is 0 Å². The molecule has 0 saturated carbocycles. The molecule has 1 amide bonds. The summed E-state index contributed by atoms with van der Waals surface area (Å²) in [4.78, 5) is 21.6. The van der Waals surface area contributed by atoms with Gasteiger partial charge in [0.2, 0.25) is 0 Å². The highest BCUT2D eigenvalue weighted by Crippen LogP contribution is 2.33. The van der Waals surface area contributed by atoms with Crippen LogP contribution in [0.2, 0.25) is 0 Å². The molecule has 2 heterocycles. The largest absolute Gasteiger partial charge is 0.493 e. The first kappa shape index (κ1) is 28.2. The van der Waals surface area contributed by atoms with Gasteiger partial charge in [-0.2, -0.15) is 5.10 Å². The number of nitrogens with zero attached hydrogens (tertiary/aromatic N) is 2. The second-order valence-corrected chi connectivity index (χ2v) is 10.00. The molecular weight excluding hydrogens is 448 g/mol. The predicted molar refractivity (Wildman–Crippen MR) is 136 cm³/mol. The zero-order chi connectivity index (χ0) is 25.8. The molecule has 2 N–H and O–H groups in total. The van der Waals surface area contributed by atoms with Gasteiger partial charge >= 0.3 is 6.09 Å². The van der Waals surface area contributed by atoms with Crippen molar-refractivity contribution in [2.45, 2.75) is 53.1 Å². The number of carbonyl (C=O) groups excluding carboxylic acids is 2. The van der Waals surface area contributed by atoms with E-state index < -0.39 is 6.09 Å². The van der Waals surface area contributed by atoms with Gasteiger partial charge in [0.25, 0.3) is 6.47 Å². The third-order valence-electron chi connectivity index (χ3n) is 5.21. The van der Waals surface area contributed by atoms with Crippen molar-refractivity contribution in [1.82, 2.24) is 15.1 Å². The molecule has 35 heavy (non-hydrogen) atoms. The number of aromatic nitrogens is 2. The van der Waals surface area contributed by atoms with Gasteiger partial charge in [-0.05, 0) is 82.8 Å². The molecule has 1 saturated heterocycles. The number of rotatable bonds is 8. The summed E-state index contributed by atoms with van der Waals surface area (Å²) in [5.74, 6) is 1.65. The molecule has 1 aromatic carbocycles. The van der Waals surface area contributed by atoms with Crippen molar-refractivity contribution < 1.29 is 23.8 Å². The second kappa shape index (κ2) is 13.7. The maximum absolute atomic E-state index is 12.0. The van der Waals surface area contributed by atoms with Crippen molar-refractivity contribution in [3.05, 3.63) is 30.5 Å². The topological polar surface area (TPSA) is 104 Å². The van der Waals surface area contributed by atoms with Gasteiger partial charge in [-0.1, -0.05) is 13.8 Å². The average Bonchev–Trinajstić information content (AvgIpc) is 3.23. The zero-order valence-corrected chi connectivity index (χ0v) is 21.8. The molecule has 1 fully saturated rings. The summed E-state index contributed by atoms with van der Waals surface area (Å²) in [5, 5.41) is 10.4. The Bertz CT molecular complexity index is 930. The quantitative estimate of drug-likeness (QED) is 0.522. The number of anilines is 1. The number of benzene rings is 1. The molecule has 1 aliphatic rings. The van der Waals surface area contributed by atoms with Crippen molar-refractivity contribution >= 4 is 18.3 Å². The van der Waals surface area contributed by atoms with Gasteiger partial charge in [0, 0.05) is 24.5 Å². The molecule has 2 aromatic rings. The van der Waals surface area contributed by atoms with Crippen LogP contribution in [-0.2, 0) is 21.3 Å². The Labute approximate surface area is 208 Å². The van der Waals surface area contributed by atoms with Gasteiger partial charge in [-0.3, -0.25) is 14.8 Å². The maximum atomic E-state index is 12.0. The molecule has 3 rings (SSSR count). The molecule has 1 aromatic heterocycles. The standard InChI is InChI=1S/C21H30N4O3.C5H10O2/c1-15(2)13-28-21(26)24-17-4-5-20(27-14-16-6-9-22-10-7-16)18(12-17)19-8-11-23-25(19)3;1-5(2,3)7-4-6/h4-5,8,11-12,15-16,22H,6-7,9-10,13-14H2,1-3H3,(H,24,26);4H,1-3H3. The molecule has 9 nitrogen and oxygen atoms in total. The first-order valence-corrected chi connectivity index (χ1v) is 12.1.